The van der Waals surface area contributed by atoms with Crippen molar-refractivity contribution in [1.29, 1.82) is 0 Å². The molecule has 0 bridgehead atoms. The number of hydrogen-bond acceptors (Lipinski definition) is 4. The van der Waals surface area contributed by atoms with Crippen molar-refractivity contribution in [2.45, 2.75) is 0 Å². The number of benzene rings is 2. The third-order valence-electron chi connectivity index (χ3n) is 2.75. The Balaban J connectivity index is 1.84. The molecule has 0 spiro atoms. The van der Waals surface area contributed by atoms with Crippen molar-refractivity contribution >= 4 is 39.4 Å². The number of aromatic nitrogens is 1. The maximum Gasteiger partial charge on any atom is 0.335 e. The Morgan fingerprint density at radius 1 is 1.15 bits per heavy atom. The highest BCUT2D eigenvalue weighted by Gasteiger charge is 2.02. The van der Waals surface area contributed by atoms with Gasteiger partial charge in [0.25, 0.3) is 0 Å². The fourth-order valence-electron chi connectivity index (χ4n) is 1.77. The molecule has 0 atom stereocenters. The van der Waals surface area contributed by atoms with Crippen LogP contribution in [-0.4, -0.2) is 22.3 Å². The van der Waals surface area contributed by atoms with E-state index in [1.165, 1.54) is 12.1 Å². The molecule has 3 aromatic rings. The summed E-state index contributed by atoms with van der Waals surface area (Å²) in [5.41, 5.74) is 1.92. The summed E-state index contributed by atoms with van der Waals surface area (Å²) >= 11 is 1.57. The van der Waals surface area contributed by atoms with Crippen molar-refractivity contribution in [2.75, 3.05) is 0 Å². The Bertz CT molecular complexity index is 758. The minimum absolute atomic E-state index is 0.254. The topological polar surface area (TPSA) is 62.5 Å². The van der Waals surface area contributed by atoms with Gasteiger partial charge in [0.15, 0.2) is 0 Å². The van der Waals surface area contributed by atoms with Gasteiger partial charge in [-0.05, 0) is 36.4 Å². The van der Waals surface area contributed by atoms with E-state index < -0.39 is 5.97 Å². The summed E-state index contributed by atoms with van der Waals surface area (Å²) in [7, 11) is 0. The normalized spacial score (nSPS) is 11.2. The van der Waals surface area contributed by atoms with Gasteiger partial charge in [-0.25, -0.2) is 9.78 Å². The van der Waals surface area contributed by atoms with Gasteiger partial charge in [0, 0.05) is 0 Å². The fraction of sp³-hybridized carbons (Fsp3) is 0. The van der Waals surface area contributed by atoms with E-state index in [4.69, 9.17) is 5.11 Å². The number of aliphatic imine (C=N–C) groups is 1. The van der Waals surface area contributed by atoms with Crippen LogP contribution >= 0.6 is 11.3 Å². The second kappa shape index (κ2) is 5.22. The summed E-state index contributed by atoms with van der Waals surface area (Å²) in [5.74, 6) is -0.938. The third-order valence-corrected chi connectivity index (χ3v) is 3.72. The first kappa shape index (κ1) is 12.5. The first-order valence-electron chi connectivity index (χ1n) is 5.95. The number of rotatable bonds is 3. The zero-order valence-corrected chi connectivity index (χ0v) is 11.2. The monoisotopic (exact) mass is 282 g/mol. The van der Waals surface area contributed by atoms with E-state index in [0.29, 0.717) is 5.69 Å². The van der Waals surface area contributed by atoms with Gasteiger partial charge in [-0.1, -0.05) is 12.1 Å². The molecule has 1 aromatic heterocycles. The molecule has 0 aliphatic heterocycles. The Kier molecular flexibility index (Phi) is 3.26. The molecule has 2 aromatic carbocycles. The molecule has 4 nitrogen and oxygen atoms in total. The molecule has 0 saturated carbocycles. The number of nitrogens with zero attached hydrogens (tertiary/aromatic N) is 2. The van der Waals surface area contributed by atoms with Crippen LogP contribution in [0.2, 0.25) is 0 Å². The van der Waals surface area contributed by atoms with Gasteiger partial charge in [-0.3, -0.25) is 4.99 Å². The van der Waals surface area contributed by atoms with Gasteiger partial charge in [0.05, 0.1) is 27.7 Å². The van der Waals surface area contributed by atoms with E-state index in [-0.39, 0.29) is 5.56 Å². The second-order valence-electron chi connectivity index (χ2n) is 4.13. The molecule has 5 heteroatoms. The predicted octanol–water partition coefficient (Wildman–Crippen LogP) is 3.75. The van der Waals surface area contributed by atoms with Crippen molar-refractivity contribution in [3.63, 3.8) is 0 Å². The lowest BCUT2D eigenvalue weighted by molar-refractivity contribution is 0.0697. The van der Waals surface area contributed by atoms with Gasteiger partial charge >= 0.3 is 5.97 Å². The maximum atomic E-state index is 10.7. The second-order valence-corrected chi connectivity index (χ2v) is 5.19. The van der Waals surface area contributed by atoms with Gasteiger partial charge in [-0.2, -0.15) is 0 Å². The number of hydrogen-bond donors (Lipinski definition) is 1. The average molecular weight is 282 g/mol. The van der Waals surface area contributed by atoms with Crippen LogP contribution < -0.4 is 0 Å². The summed E-state index contributed by atoms with van der Waals surface area (Å²) < 4.78 is 1.12. The predicted molar refractivity (Wildman–Crippen MR) is 80.3 cm³/mol. The Labute approximate surface area is 119 Å². The Hall–Kier alpha value is -2.53. The maximum absolute atomic E-state index is 10.7. The molecule has 0 saturated heterocycles. The highest BCUT2D eigenvalue weighted by atomic mass is 32.1. The van der Waals surface area contributed by atoms with Gasteiger partial charge in [-0.15, -0.1) is 11.3 Å². The van der Waals surface area contributed by atoms with Crippen LogP contribution in [0.3, 0.4) is 0 Å². The fourth-order valence-corrected chi connectivity index (χ4v) is 2.60. The molecular weight excluding hydrogens is 272 g/mol. The molecule has 0 amide bonds. The van der Waals surface area contributed by atoms with Gasteiger partial charge in [0.2, 0.25) is 0 Å². The first-order valence-corrected chi connectivity index (χ1v) is 6.77. The van der Waals surface area contributed by atoms with Crippen LogP contribution in [-0.2, 0) is 0 Å². The Morgan fingerprint density at radius 2 is 1.90 bits per heavy atom. The number of aromatic carboxylic acids is 1. The van der Waals surface area contributed by atoms with Crippen LogP contribution in [0, 0.1) is 0 Å². The smallest absolute Gasteiger partial charge is 0.335 e. The summed E-state index contributed by atoms with van der Waals surface area (Å²) in [6.07, 6.45) is 1.69. The standard InChI is InChI=1S/C15H10N2O2S/c18-15(19)10-5-7-11(8-6-10)16-9-14-17-12-3-1-2-4-13(12)20-14/h1-9H,(H,18,19). The van der Waals surface area contributed by atoms with E-state index in [0.717, 1.165) is 15.2 Å². The number of fused-ring (bicyclic) bond motifs is 1. The highest BCUT2D eigenvalue weighted by Crippen LogP contribution is 2.21. The molecular formula is C15H10N2O2S. The third kappa shape index (κ3) is 2.57. The number of para-hydroxylation sites is 1. The Morgan fingerprint density at radius 3 is 2.60 bits per heavy atom. The molecule has 1 heterocycles. The molecule has 0 radical (unpaired) electrons. The molecule has 3 rings (SSSR count). The summed E-state index contributed by atoms with van der Waals surface area (Å²) in [6.45, 7) is 0. The highest BCUT2D eigenvalue weighted by molar-refractivity contribution is 7.20. The number of carboxylic acids is 1. The minimum Gasteiger partial charge on any atom is -0.478 e. The van der Waals surface area contributed by atoms with E-state index in [9.17, 15) is 4.79 Å². The van der Waals surface area contributed by atoms with Crippen molar-refractivity contribution in [1.82, 2.24) is 4.98 Å². The first-order chi connectivity index (χ1) is 9.72. The van der Waals surface area contributed by atoms with Crippen molar-refractivity contribution in [3.05, 3.63) is 59.1 Å². The van der Waals surface area contributed by atoms with E-state index in [1.54, 1.807) is 29.7 Å². The average Bonchev–Trinajstić information content (AvgIpc) is 2.88. The molecule has 0 fully saturated rings. The quantitative estimate of drug-likeness (QED) is 0.744. The van der Waals surface area contributed by atoms with Crippen LogP contribution in [0.1, 0.15) is 15.4 Å². The summed E-state index contributed by atoms with van der Waals surface area (Å²) in [4.78, 5) is 19.5. The number of carboxylic acid groups (broad SMARTS) is 1. The molecule has 0 unspecified atom stereocenters. The van der Waals surface area contributed by atoms with E-state index in [2.05, 4.69) is 9.98 Å². The number of carbonyl (C=O) groups is 1. The summed E-state index contributed by atoms with van der Waals surface area (Å²) in [5, 5.41) is 9.64. The zero-order chi connectivity index (χ0) is 13.9. The zero-order valence-electron chi connectivity index (χ0n) is 10.4. The lowest BCUT2D eigenvalue weighted by atomic mass is 10.2. The largest absolute Gasteiger partial charge is 0.478 e. The lowest BCUT2D eigenvalue weighted by Gasteiger charge is -1.94. The molecule has 0 aliphatic carbocycles. The SMILES string of the molecule is O=C(O)c1ccc(N=Cc2nc3ccccc3s2)cc1. The molecule has 0 aliphatic rings. The van der Waals surface area contributed by atoms with E-state index in [1.807, 2.05) is 24.3 Å². The van der Waals surface area contributed by atoms with Crippen molar-refractivity contribution < 1.29 is 9.90 Å². The van der Waals surface area contributed by atoms with Crippen LogP contribution in [0.5, 0.6) is 0 Å². The lowest BCUT2D eigenvalue weighted by Crippen LogP contribution is -1.94. The van der Waals surface area contributed by atoms with Gasteiger partial charge in [0.1, 0.15) is 5.01 Å². The number of thiazole rings is 1. The van der Waals surface area contributed by atoms with Crippen molar-refractivity contribution in [3.8, 4) is 0 Å². The molecule has 98 valence electrons. The van der Waals surface area contributed by atoms with Gasteiger partial charge < -0.3 is 5.11 Å². The minimum atomic E-state index is -0.938. The van der Waals surface area contributed by atoms with Crippen molar-refractivity contribution in [2.24, 2.45) is 4.99 Å². The van der Waals surface area contributed by atoms with E-state index >= 15 is 0 Å². The van der Waals surface area contributed by atoms with Crippen LogP contribution in [0.4, 0.5) is 5.69 Å². The van der Waals surface area contributed by atoms with Crippen LogP contribution in [0.25, 0.3) is 10.2 Å². The molecule has 1 N–H and O–H groups in total. The summed E-state index contributed by atoms with van der Waals surface area (Å²) in [6, 6.07) is 14.3. The molecule has 20 heavy (non-hydrogen) atoms. The van der Waals surface area contributed by atoms with Crippen LogP contribution in [0.15, 0.2) is 53.5 Å².